The van der Waals surface area contributed by atoms with Crippen LogP contribution in [0, 0.1) is 0 Å². The standard InChI is InChI=1S/C35H20N2O5/c38-31-22-11-3-4-12-23(22)32(39)27-18-20(16-17-24(27)31)29-30(37-33(40)25-13-5-6-14-26(25)34(37)41)35(42)36(29)28-15-7-9-19-8-1-2-10-21(19)28/h1-18,29-30H/t29-,30-/m0/s1. The largest absolute Gasteiger partial charge is 0.300 e. The first-order chi connectivity index (χ1) is 20.5. The Morgan fingerprint density at radius 1 is 0.452 bits per heavy atom. The van der Waals surface area contributed by atoms with Crippen molar-refractivity contribution in [2.75, 3.05) is 4.90 Å². The van der Waals surface area contributed by atoms with Gasteiger partial charge in [-0.3, -0.25) is 33.8 Å². The Hall–Kier alpha value is -5.69. The average molecular weight is 549 g/mol. The van der Waals surface area contributed by atoms with E-state index in [-0.39, 0.29) is 33.8 Å². The monoisotopic (exact) mass is 548 g/mol. The molecule has 200 valence electrons. The van der Waals surface area contributed by atoms with Crippen molar-refractivity contribution in [3.8, 4) is 0 Å². The molecule has 8 rings (SSSR count). The lowest BCUT2D eigenvalue weighted by atomic mass is 9.80. The van der Waals surface area contributed by atoms with Crippen molar-refractivity contribution in [3.05, 3.63) is 148 Å². The van der Waals surface area contributed by atoms with E-state index in [4.69, 9.17) is 0 Å². The van der Waals surface area contributed by atoms with Crippen LogP contribution in [0.2, 0.25) is 0 Å². The lowest BCUT2D eigenvalue weighted by Crippen LogP contribution is -2.67. The highest BCUT2D eigenvalue weighted by Gasteiger charge is 2.57. The molecule has 7 nitrogen and oxygen atoms in total. The van der Waals surface area contributed by atoms with Gasteiger partial charge in [0.1, 0.15) is 6.04 Å². The molecule has 0 unspecified atom stereocenters. The first-order valence-corrected chi connectivity index (χ1v) is 13.6. The van der Waals surface area contributed by atoms with Crippen molar-refractivity contribution in [1.82, 2.24) is 4.90 Å². The van der Waals surface area contributed by atoms with Crippen LogP contribution < -0.4 is 4.90 Å². The van der Waals surface area contributed by atoms with Gasteiger partial charge in [-0.1, -0.05) is 78.9 Å². The molecule has 7 heteroatoms. The van der Waals surface area contributed by atoms with E-state index in [0.717, 1.165) is 15.7 Å². The molecule has 0 aromatic heterocycles. The number of hydrogen-bond donors (Lipinski definition) is 0. The van der Waals surface area contributed by atoms with E-state index in [1.165, 1.54) is 0 Å². The molecule has 2 atom stereocenters. The molecule has 3 aliphatic rings. The maximum Gasteiger partial charge on any atom is 0.262 e. The molecule has 2 heterocycles. The Morgan fingerprint density at radius 2 is 1.00 bits per heavy atom. The highest BCUT2D eigenvalue weighted by atomic mass is 16.2. The fourth-order valence-electron chi connectivity index (χ4n) is 6.51. The number of benzene rings is 5. The summed E-state index contributed by atoms with van der Waals surface area (Å²) in [6.45, 7) is 0. The smallest absolute Gasteiger partial charge is 0.262 e. The number of amides is 3. The van der Waals surface area contributed by atoms with Crippen LogP contribution in [0.3, 0.4) is 0 Å². The Bertz CT molecular complexity index is 2040. The first kappa shape index (κ1) is 24.1. The molecule has 0 bridgehead atoms. The predicted octanol–water partition coefficient (Wildman–Crippen LogP) is 5.37. The van der Waals surface area contributed by atoms with Gasteiger partial charge >= 0.3 is 0 Å². The van der Waals surface area contributed by atoms with Gasteiger partial charge in [-0.2, -0.15) is 0 Å². The van der Waals surface area contributed by atoms with Gasteiger partial charge in [0, 0.05) is 27.6 Å². The number of imide groups is 1. The van der Waals surface area contributed by atoms with Gasteiger partial charge in [0.15, 0.2) is 11.6 Å². The van der Waals surface area contributed by atoms with Crippen LogP contribution in [0.4, 0.5) is 5.69 Å². The van der Waals surface area contributed by atoms with E-state index in [9.17, 15) is 24.0 Å². The molecular formula is C35H20N2O5. The van der Waals surface area contributed by atoms with Crippen LogP contribution >= 0.6 is 0 Å². The van der Waals surface area contributed by atoms with E-state index in [1.54, 1.807) is 71.6 Å². The summed E-state index contributed by atoms with van der Waals surface area (Å²) in [5.74, 6) is -2.01. The lowest BCUT2D eigenvalue weighted by molar-refractivity contribution is -0.130. The summed E-state index contributed by atoms with van der Waals surface area (Å²) in [4.78, 5) is 70.6. The van der Waals surface area contributed by atoms with Gasteiger partial charge < -0.3 is 0 Å². The lowest BCUT2D eigenvalue weighted by Gasteiger charge is -2.50. The number of ketones is 2. The molecule has 1 fully saturated rings. The van der Waals surface area contributed by atoms with Crippen molar-refractivity contribution in [2.24, 2.45) is 0 Å². The molecule has 2 aliphatic heterocycles. The maximum atomic E-state index is 14.0. The molecule has 5 aromatic rings. The van der Waals surface area contributed by atoms with Crippen LogP contribution in [0.1, 0.15) is 64.2 Å². The Kier molecular flexibility index (Phi) is 4.97. The summed E-state index contributed by atoms with van der Waals surface area (Å²) in [7, 11) is 0. The molecule has 0 N–H and O–H groups in total. The van der Waals surface area contributed by atoms with Crippen molar-refractivity contribution in [3.63, 3.8) is 0 Å². The van der Waals surface area contributed by atoms with E-state index >= 15 is 0 Å². The molecule has 3 amide bonds. The van der Waals surface area contributed by atoms with Crippen LogP contribution in [-0.4, -0.2) is 40.2 Å². The number of nitrogens with zero attached hydrogens (tertiary/aromatic N) is 2. The Balaban J connectivity index is 1.30. The number of fused-ring (bicyclic) bond motifs is 4. The van der Waals surface area contributed by atoms with Gasteiger partial charge in [0.2, 0.25) is 0 Å². The fourth-order valence-corrected chi connectivity index (χ4v) is 6.51. The summed E-state index contributed by atoms with van der Waals surface area (Å²) in [5, 5.41) is 1.76. The zero-order valence-corrected chi connectivity index (χ0v) is 22.0. The highest BCUT2D eigenvalue weighted by Crippen LogP contribution is 2.46. The SMILES string of the molecule is O=C1c2ccccc2C(=O)c2cc([C@H]3[C@H](N4C(=O)c5ccccc5C4=O)C(=O)N3c3cccc4ccccc34)ccc21. The van der Waals surface area contributed by atoms with E-state index in [2.05, 4.69) is 0 Å². The number of carbonyl (C=O) groups is 5. The van der Waals surface area contributed by atoms with Crippen molar-refractivity contribution in [2.45, 2.75) is 12.1 Å². The molecule has 0 saturated carbocycles. The fraction of sp³-hybridized carbons (Fsp3) is 0.0571. The molecule has 42 heavy (non-hydrogen) atoms. The third-order valence-electron chi connectivity index (χ3n) is 8.49. The van der Waals surface area contributed by atoms with Gasteiger partial charge in [-0.25, -0.2) is 0 Å². The molecule has 0 spiro atoms. The number of β-lactam (4-membered cyclic amide) rings is 1. The van der Waals surface area contributed by atoms with Gasteiger partial charge in [0.05, 0.1) is 22.9 Å². The van der Waals surface area contributed by atoms with Crippen molar-refractivity contribution < 1.29 is 24.0 Å². The second kappa shape index (κ2) is 8.65. The molecular weight excluding hydrogens is 528 g/mol. The Labute approximate surface area is 239 Å². The van der Waals surface area contributed by atoms with Gasteiger partial charge in [-0.15, -0.1) is 0 Å². The second-order valence-corrected chi connectivity index (χ2v) is 10.6. The summed E-state index contributed by atoms with van der Waals surface area (Å²) < 4.78 is 0. The molecule has 5 aromatic carbocycles. The van der Waals surface area contributed by atoms with Crippen LogP contribution in [0.5, 0.6) is 0 Å². The quantitative estimate of drug-likeness (QED) is 0.219. The summed E-state index contributed by atoms with van der Waals surface area (Å²) in [6.07, 6.45) is 0. The van der Waals surface area contributed by atoms with E-state index in [0.29, 0.717) is 22.4 Å². The minimum Gasteiger partial charge on any atom is -0.300 e. The second-order valence-electron chi connectivity index (χ2n) is 10.6. The molecule has 1 aliphatic carbocycles. The zero-order chi connectivity index (χ0) is 28.7. The maximum absolute atomic E-state index is 14.0. The summed E-state index contributed by atoms with van der Waals surface area (Å²) >= 11 is 0. The van der Waals surface area contributed by atoms with E-state index < -0.39 is 29.8 Å². The number of hydrogen-bond acceptors (Lipinski definition) is 5. The summed E-state index contributed by atoms with van der Waals surface area (Å²) in [5.41, 5.74) is 2.85. The van der Waals surface area contributed by atoms with E-state index in [1.807, 2.05) is 42.5 Å². The minimum atomic E-state index is -1.13. The van der Waals surface area contributed by atoms with Crippen LogP contribution in [-0.2, 0) is 4.79 Å². The number of anilines is 1. The molecule has 0 radical (unpaired) electrons. The number of carbonyl (C=O) groups excluding carboxylic acids is 5. The first-order valence-electron chi connectivity index (χ1n) is 13.6. The van der Waals surface area contributed by atoms with Crippen molar-refractivity contribution >= 4 is 45.7 Å². The average Bonchev–Trinajstić information content (AvgIpc) is 3.27. The van der Waals surface area contributed by atoms with Crippen molar-refractivity contribution in [1.29, 1.82) is 0 Å². The summed E-state index contributed by atoms with van der Waals surface area (Å²) in [6, 6.07) is 29.5. The number of rotatable bonds is 3. The third-order valence-corrected chi connectivity index (χ3v) is 8.49. The predicted molar refractivity (Wildman–Crippen MR) is 155 cm³/mol. The van der Waals surface area contributed by atoms with Crippen LogP contribution in [0.15, 0.2) is 109 Å². The third kappa shape index (κ3) is 3.13. The zero-order valence-electron chi connectivity index (χ0n) is 22.0. The normalized spacial score (nSPS) is 19.1. The Morgan fingerprint density at radius 3 is 1.69 bits per heavy atom. The van der Waals surface area contributed by atoms with Crippen LogP contribution in [0.25, 0.3) is 10.8 Å². The van der Waals surface area contributed by atoms with Gasteiger partial charge in [-0.05, 0) is 41.3 Å². The molecule has 1 saturated heterocycles. The van der Waals surface area contributed by atoms with Gasteiger partial charge in [0.25, 0.3) is 17.7 Å². The minimum absolute atomic E-state index is 0.231. The topological polar surface area (TPSA) is 91.8 Å². The highest BCUT2D eigenvalue weighted by molar-refractivity contribution is 6.29.